The number of alkyl halides is 3. The molecule has 2 rings (SSSR count). The first kappa shape index (κ1) is 23.1. The van der Waals surface area contributed by atoms with Crippen LogP contribution in [-0.2, 0) is 10.0 Å². The van der Waals surface area contributed by atoms with Crippen LogP contribution in [0.4, 0.5) is 23.9 Å². The molecule has 2 N–H and O–H groups in total. The number of urea groups is 1. The molecule has 8 nitrogen and oxygen atoms in total. The number of anilines is 1. The van der Waals surface area contributed by atoms with E-state index in [-0.39, 0.29) is 9.52 Å². The molecule has 0 radical (unpaired) electrons. The van der Waals surface area contributed by atoms with E-state index in [4.69, 9.17) is 4.74 Å². The van der Waals surface area contributed by atoms with E-state index >= 15 is 0 Å². The molecule has 1 unspecified atom stereocenters. The minimum atomic E-state index is -4.70. The third kappa shape index (κ3) is 6.16. The van der Waals surface area contributed by atoms with E-state index in [1.54, 1.807) is 47.2 Å². The Bertz CT molecular complexity index is 1010. The van der Waals surface area contributed by atoms with E-state index in [9.17, 15) is 26.4 Å². The van der Waals surface area contributed by atoms with Gasteiger partial charge in [0.05, 0.1) is 0 Å². The van der Waals surface area contributed by atoms with Gasteiger partial charge in [0.1, 0.15) is 10.6 Å². The van der Waals surface area contributed by atoms with Crippen molar-refractivity contribution in [1.29, 1.82) is 0 Å². The molecule has 13 heteroatoms. The average Bonchev–Trinajstić information content (AvgIpc) is 2.51. The first-order valence-electron chi connectivity index (χ1n) is 7.97. The van der Waals surface area contributed by atoms with Crippen LogP contribution in [0.5, 0.6) is 5.75 Å². The molecule has 158 valence electrons. The Morgan fingerprint density at radius 2 is 1.79 bits per heavy atom. The Hall–Kier alpha value is -2.16. The Balaban J connectivity index is 2.29. The summed E-state index contributed by atoms with van der Waals surface area (Å²) in [6.45, 7) is 4.06. The summed E-state index contributed by atoms with van der Waals surface area (Å²) in [4.78, 5) is 19.4. The first-order valence-corrected chi connectivity index (χ1v) is 10.5. The van der Waals surface area contributed by atoms with Gasteiger partial charge in [-0.1, -0.05) is 6.07 Å². The molecular weight excluding hydrogens is 528 g/mol. The van der Waals surface area contributed by atoms with Gasteiger partial charge >= 0.3 is 12.2 Å². The maximum absolute atomic E-state index is 12.8. The normalized spacial score (nSPS) is 12.9. The summed E-state index contributed by atoms with van der Waals surface area (Å²) >= 11 is 1.62. The summed E-state index contributed by atoms with van der Waals surface area (Å²) in [6, 6.07) is 4.24. The number of hydrogen-bond donors (Lipinski definition) is 2. The highest BCUT2D eigenvalue weighted by Crippen LogP contribution is 2.32. The van der Waals surface area contributed by atoms with Gasteiger partial charge in [-0.05, 0) is 61.6 Å². The Morgan fingerprint density at radius 1 is 1.21 bits per heavy atom. The topological polar surface area (TPSA) is 110 Å². The average molecular weight is 544 g/mol. The van der Waals surface area contributed by atoms with E-state index in [1.165, 1.54) is 12.1 Å². The molecule has 0 bridgehead atoms. The van der Waals surface area contributed by atoms with Crippen molar-refractivity contribution in [2.24, 2.45) is 0 Å². The molecule has 0 saturated heterocycles. The number of amides is 2. The summed E-state index contributed by atoms with van der Waals surface area (Å²) < 4.78 is 70.4. The van der Waals surface area contributed by atoms with Crippen LogP contribution >= 0.6 is 22.6 Å². The van der Waals surface area contributed by atoms with Crippen molar-refractivity contribution in [3.8, 4) is 5.75 Å². The lowest BCUT2D eigenvalue weighted by Crippen LogP contribution is -2.36. The van der Waals surface area contributed by atoms with E-state index in [0.717, 1.165) is 13.0 Å². The molecule has 0 aliphatic carbocycles. The summed E-state index contributed by atoms with van der Waals surface area (Å²) in [5.41, 5.74) is 1.09. The Kier molecular flexibility index (Phi) is 6.93. The molecule has 2 aromatic rings. The number of nitrogens with one attached hydrogen (secondary N) is 2. The zero-order valence-electron chi connectivity index (χ0n) is 15.3. The summed E-state index contributed by atoms with van der Waals surface area (Å²) in [6.07, 6.45) is -6.96. The lowest BCUT2D eigenvalue weighted by Gasteiger charge is -2.20. The smallest absolute Gasteiger partial charge is 0.425 e. The summed E-state index contributed by atoms with van der Waals surface area (Å²) in [5, 5.41) is 2.18. The zero-order valence-corrected chi connectivity index (χ0v) is 18.3. The Labute approximate surface area is 178 Å². The second-order valence-corrected chi connectivity index (χ2v) is 8.68. The lowest BCUT2D eigenvalue weighted by molar-refractivity contribution is -0.189. The van der Waals surface area contributed by atoms with Gasteiger partial charge < -0.3 is 4.74 Å². The van der Waals surface area contributed by atoms with Crippen molar-refractivity contribution in [3.63, 3.8) is 0 Å². The van der Waals surface area contributed by atoms with Gasteiger partial charge in [-0.2, -0.15) is 13.2 Å². The second-order valence-electron chi connectivity index (χ2n) is 5.90. The molecule has 2 amide bonds. The quantitative estimate of drug-likeness (QED) is 0.558. The molecule has 1 aromatic heterocycles. The third-order valence-corrected chi connectivity index (χ3v) is 6.08. The highest BCUT2D eigenvalue weighted by molar-refractivity contribution is 14.1. The molecule has 1 aromatic carbocycles. The summed E-state index contributed by atoms with van der Waals surface area (Å²) in [5.74, 6) is -0.662. The highest BCUT2D eigenvalue weighted by Gasteiger charge is 2.39. The molecule has 1 heterocycles. The van der Waals surface area contributed by atoms with Crippen molar-refractivity contribution in [1.82, 2.24) is 14.7 Å². The number of ether oxygens (including phenoxy) is 1. The maximum atomic E-state index is 12.8. The number of aromatic nitrogens is 2. The number of aryl methyl sites for hydroxylation is 2. The highest BCUT2D eigenvalue weighted by atomic mass is 127. The van der Waals surface area contributed by atoms with Crippen LogP contribution in [0, 0.1) is 17.4 Å². The van der Waals surface area contributed by atoms with Crippen LogP contribution in [0.3, 0.4) is 0 Å². The van der Waals surface area contributed by atoms with Crippen molar-refractivity contribution in [2.75, 3.05) is 5.32 Å². The molecule has 29 heavy (non-hydrogen) atoms. The van der Waals surface area contributed by atoms with Gasteiger partial charge in [0, 0.05) is 15.0 Å². The van der Waals surface area contributed by atoms with Gasteiger partial charge in [-0.15, -0.1) is 0 Å². The van der Waals surface area contributed by atoms with Crippen molar-refractivity contribution in [3.05, 3.63) is 39.2 Å². The predicted molar refractivity (Wildman–Crippen MR) is 106 cm³/mol. The molecular formula is C16H16F3IN4O4S. The van der Waals surface area contributed by atoms with Crippen LogP contribution in [-0.4, -0.2) is 36.7 Å². The standard InChI is InChI=1S/C16H16F3IN4O4S/c1-8-7-9(2)22-14(21-8)23-15(25)24-29(26,27)13-11(20)5-4-6-12(13)28-10(3)16(17,18)19/h4-7,10H,1-3H3,(H2,21,22,23,24,25). The van der Waals surface area contributed by atoms with Crippen LogP contribution < -0.4 is 14.8 Å². The van der Waals surface area contributed by atoms with E-state index in [1.807, 2.05) is 0 Å². The van der Waals surface area contributed by atoms with Gasteiger partial charge in [0.2, 0.25) is 5.95 Å². The molecule has 0 saturated carbocycles. The van der Waals surface area contributed by atoms with Crippen LogP contribution in [0.1, 0.15) is 18.3 Å². The minimum Gasteiger partial charge on any atom is -0.480 e. The molecule has 0 spiro atoms. The van der Waals surface area contributed by atoms with Gasteiger partial charge in [-0.3, -0.25) is 5.32 Å². The van der Waals surface area contributed by atoms with Gasteiger partial charge in [0.15, 0.2) is 6.10 Å². The number of sulfonamides is 1. The number of benzene rings is 1. The van der Waals surface area contributed by atoms with Gasteiger partial charge in [-0.25, -0.2) is 27.9 Å². The summed E-state index contributed by atoms with van der Waals surface area (Å²) in [7, 11) is -4.57. The number of carbonyl (C=O) groups excluding carboxylic acids is 1. The van der Waals surface area contributed by atoms with Crippen LogP contribution in [0.15, 0.2) is 29.2 Å². The Morgan fingerprint density at radius 3 is 2.34 bits per heavy atom. The van der Waals surface area contributed by atoms with E-state index in [0.29, 0.717) is 11.4 Å². The molecule has 0 aliphatic rings. The fraction of sp³-hybridized carbons (Fsp3) is 0.312. The van der Waals surface area contributed by atoms with E-state index < -0.39 is 39.0 Å². The largest absolute Gasteiger partial charge is 0.480 e. The fourth-order valence-electron chi connectivity index (χ4n) is 2.18. The lowest BCUT2D eigenvalue weighted by atomic mass is 10.3. The SMILES string of the molecule is Cc1cc(C)nc(NC(=O)NS(=O)(=O)c2c(I)cccc2OC(C)C(F)(F)F)n1. The van der Waals surface area contributed by atoms with Gasteiger partial charge in [0.25, 0.3) is 10.0 Å². The zero-order chi connectivity index (χ0) is 22.0. The second kappa shape index (κ2) is 8.69. The number of hydrogen-bond acceptors (Lipinski definition) is 6. The van der Waals surface area contributed by atoms with Crippen LogP contribution in [0.2, 0.25) is 0 Å². The third-order valence-electron chi connectivity index (χ3n) is 3.40. The monoisotopic (exact) mass is 544 g/mol. The number of nitrogens with zero attached hydrogens (tertiary/aromatic N) is 2. The van der Waals surface area contributed by atoms with E-state index in [2.05, 4.69) is 15.3 Å². The van der Waals surface area contributed by atoms with Crippen molar-refractivity contribution < 1.29 is 31.1 Å². The molecule has 1 atom stereocenters. The number of carbonyl (C=O) groups is 1. The maximum Gasteiger partial charge on any atom is 0.425 e. The minimum absolute atomic E-state index is 0.0671. The van der Waals surface area contributed by atoms with Crippen LogP contribution in [0.25, 0.3) is 0 Å². The van der Waals surface area contributed by atoms with Crippen molar-refractivity contribution in [2.45, 2.75) is 37.9 Å². The molecule has 0 fully saturated rings. The number of rotatable bonds is 5. The predicted octanol–water partition coefficient (Wildman–Crippen LogP) is 3.54. The first-order chi connectivity index (χ1) is 13.3. The number of halogens is 4. The fourth-order valence-corrected chi connectivity index (χ4v) is 4.63. The molecule has 0 aliphatic heterocycles. The van der Waals surface area contributed by atoms with Crippen molar-refractivity contribution >= 4 is 44.6 Å².